The zero-order valence-electron chi connectivity index (χ0n) is 13.1. The van der Waals surface area contributed by atoms with Gasteiger partial charge in [0.25, 0.3) is 0 Å². The summed E-state index contributed by atoms with van der Waals surface area (Å²) < 4.78 is 0. The molecule has 1 atom stereocenters. The first-order valence-corrected chi connectivity index (χ1v) is 7.81. The minimum atomic E-state index is 0.478. The third kappa shape index (κ3) is 3.57. The lowest BCUT2D eigenvalue weighted by Crippen LogP contribution is -2.39. The first-order chi connectivity index (χ1) is 10.7. The van der Waals surface area contributed by atoms with E-state index in [0.717, 1.165) is 17.9 Å². The van der Waals surface area contributed by atoms with Crippen LogP contribution in [0, 0.1) is 0 Å². The van der Waals surface area contributed by atoms with Crippen molar-refractivity contribution in [2.24, 2.45) is 0 Å². The van der Waals surface area contributed by atoms with Crippen molar-refractivity contribution in [2.45, 2.75) is 38.6 Å². The summed E-state index contributed by atoms with van der Waals surface area (Å²) in [7, 11) is 0. The molecule has 0 unspecified atom stereocenters. The second-order valence-corrected chi connectivity index (χ2v) is 5.99. The predicted molar refractivity (Wildman–Crippen MR) is 86.0 cm³/mol. The van der Waals surface area contributed by atoms with Gasteiger partial charge in [0.05, 0.1) is 23.8 Å². The van der Waals surface area contributed by atoms with Crippen molar-refractivity contribution in [1.82, 2.24) is 24.8 Å². The molecule has 0 radical (unpaired) electrons. The van der Waals surface area contributed by atoms with E-state index >= 15 is 0 Å². The van der Waals surface area contributed by atoms with Gasteiger partial charge in [0.15, 0.2) is 0 Å². The third-order valence-electron chi connectivity index (χ3n) is 4.10. The van der Waals surface area contributed by atoms with Crippen molar-refractivity contribution >= 4 is 11.6 Å². The highest BCUT2D eigenvalue weighted by molar-refractivity contribution is 5.49. The number of nitrogens with one attached hydrogen (secondary N) is 1. The minimum Gasteiger partial charge on any atom is -0.322 e. The fraction of sp³-hybridized carbons (Fsp3) is 0.500. The molecule has 6 heteroatoms. The highest BCUT2D eigenvalue weighted by atomic mass is 15.2. The molecule has 1 saturated heterocycles. The van der Waals surface area contributed by atoms with Crippen LogP contribution < -0.4 is 5.32 Å². The Bertz CT molecular complexity index is 601. The highest BCUT2D eigenvalue weighted by Gasteiger charge is 2.24. The zero-order valence-corrected chi connectivity index (χ0v) is 13.1. The maximum atomic E-state index is 4.68. The number of piperidine rings is 1. The molecule has 3 rings (SSSR count). The lowest BCUT2D eigenvalue weighted by atomic mass is 9.94. The Hall–Kier alpha value is -2.08. The Morgan fingerprint density at radius 2 is 2.09 bits per heavy atom. The first-order valence-electron chi connectivity index (χ1n) is 7.81. The van der Waals surface area contributed by atoms with Crippen LogP contribution in [-0.4, -0.2) is 44.0 Å². The fourth-order valence-corrected chi connectivity index (χ4v) is 2.87. The summed E-state index contributed by atoms with van der Waals surface area (Å²) >= 11 is 0. The number of hydrogen-bond donors (Lipinski definition) is 1. The second-order valence-electron chi connectivity index (χ2n) is 5.99. The summed E-state index contributed by atoms with van der Waals surface area (Å²) in [5, 5.41) is 3.16. The number of nitrogens with zero attached hydrogens (tertiary/aromatic N) is 5. The highest BCUT2D eigenvalue weighted by Crippen LogP contribution is 2.27. The quantitative estimate of drug-likeness (QED) is 0.936. The van der Waals surface area contributed by atoms with Crippen LogP contribution in [-0.2, 0) is 0 Å². The number of aromatic nitrogens is 4. The van der Waals surface area contributed by atoms with Gasteiger partial charge in [0.1, 0.15) is 6.33 Å². The van der Waals surface area contributed by atoms with Crippen LogP contribution in [0.25, 0.3) is 0 Å². The monoisotopic (exact) mass is 298 g/mol. The molecule has 0 aromatic carbocycles. The summed E-state index contributed by atoms with van der Waals surface area (Å²) in [5.74, 6) is 1.08. The Morgan fingerprint density at radius 3 is 2.86 bits per heavy atom. The number of hydrogen-bond acceptors (Lipinski definition) is 6. The Kier molecular flexibility index (Phi) is 4.58. The Morgan fingerprint density at radius 1 is 1.27 bits per heavy atom. The predicted octanol–water partition coefficient (Wildman–Crippen LogP) is 2.60. The molecular weight excluding hydrogens is 276 g/mol. The van der Waals surface area contributed by atoms with Crippen molar-refractivity contribution in [3.05, 3.63) is 36.7 Å². The van der Waals surface area contributed by atoms with E-state index in [4.69, 9.17) is 0 Å². The molecule has 22 heavy (non-hydrogen) atoms. The maximum Gasteiger partial charge on any atom is 0.227 e. The van der Waals surface area contributed by atoms with Gasteiger partial charge in [0, 0.05) is 24.7 Å². The molecule has 6 nitrogen and oxygen atoms in total. The normalized spacial score (nSPS) is 19.3. The molecule has 0 bridgehead atoms. The van der Waals surface area contributed by atoms with Crippen LogP contribution in [0.2, 0.25) is 0 Å². The van der Waals surface area contributed by atoms with Crippen LogP contribution >= 0.6 is 0 Å². The largest absolute Gasteiger partial charge is 0.322 e. The van der Waals surface area contributed by atoms with E-state index in [1.807, 2.05) is 12.3 Å². The van der Waals surface area contributed by atoms with E-state index < -0.39 is 0 Å². The summed E-state index contributed by atoms with van der Waals surface area (Å²) in [6, 6.07) is 2.62. The van der Waals surface area contributed by atoms with Crippen LogP contribution in [0.3, 0.4) is 0 Å². The molecule has 3 heterocycles. The molecule has 116 valence electrons. The number of anilines is 2. The number of rotatable bonds is 4. The van der Waals surface area contributed by atoms with E-state index in [0.29, 0.717) is 17.9 Å². The fourth-order valence-electron chi connectivity index (χ4n) is 2.87. The third-order valence-corrected chi connectivity index (χ3v) is 4.10. The second kappa shape index (κ2) is 6.79. The average Bonchev–Trinajstić information content (AvgIpc) is 2.56. The molecular formula is C16H22N6. The van der Waals surface area contributed by atoms with Gasteiger partial charge in [-0.05, 0) is 39.3 Å². The lowest BCUT2D eigenvalue weighted by molar-refractivity contribution is 0.166. The minimum absolute atomic E-state index is 0.478. The molecule has 0 spiro atoms. The van der Waals surface area contributed by atoms with Gasteiger partial charge in [-0.3, -0.25) is 0 Å². The molecule has 0 saturated carbocycles. The molecule has 1 aliphatic rings. The van der Waals surface area contributed by atoms with E-state index in [-0.39, 0.29) is 0 Å². The summed E-state index contributed by atoms with van der Waals surface area (Å²) in [6.07, 6.45) is 9.16. The number of likely N-dealkylation sites (tertiary alicyclic amines) is 1. The van der Waals surface area contributed by atoms with Gasteiger partial charge in [-0.25, -0.2) is 19.9 Å². The van der Waals surface area contributed by atoms with E-state index in [9.17, 15) is 0 Å². The van der Waals surface area contributed by atoms with Crippen molar-refractivity contribution < 1.29 is 0 Å². The maximum absolute atomic E-state index is 4.68. The first kappa shape index (κ1) is 14.8. The smallest absolute Gasteiger partial charge is 0.227 e. The topological polar surface area (TPSA) is 66.8 Å². The molecule has 2 aromatic rings. The molecule has 1 aliphatic heterocycles. The van der Waals surface area contributed by atoms with Gasteiger partial charge >= 0.3 is 0 Å². The van der Waals surface area contributed by atoms with E-state index in [2.05, 4.69) is 44.0 Å². The van der Waals surface area contributed by atoms with Gasteiger partial charge in [-0.1, -0.05) is 0 Å². The Labute approximate surface area is 131 Å². The lowest BCUT2D eigenvalue weighted by Gasteiger charge is -2.35. The summed E-state index contributed by atoms with van der Waals surface area (Å²) in [5.41, 5.74) is 1.91. The van der Waals surface area contributed by atoms with Crippen LogP contribution in [0.15, 0.2) is 31.0 Å². The average molecular weight is 298 g/mol. The molecule has 0 aliphatic carbocycles. The SMILES string of the molecule is CC(C)N1CCC[C@@H](c2ccnc(Nc3cncnc3)n2)C1. The van der Waals surface area contributed by atoms with E-state index in [1.54, 1.807) is 12.4 Å². The molecule has 1 fully saturated rings. The van der Waals surface area contributed by atoms with Crippen molar-refractivity contribution in [3.63, 3.8) is 0 Å². The van der Waals surface area contributed by atoms with Crippen molar-refractivity contribution in [2.75, 3.05) is 18.4 Å². The van der Waals surface area contributed by atoms with Gasteiger partial charge in [-0.2, -0.15) is 0 Å². The summed E-state index contributed by atoms with van der Waals surface area (Å²) in [4.78, 5) is 19.5. The van der Waals surface area contributed by atoms with Crippen LogP contribution in [0.4, 0.5) is 11.6 Å². The van der Waals surface area contributed by atoms with Crippen molar-refractivity contribution in [1.29, 1.82) is 0 Å². The van der Waals surface area contributed by atoms with E-state index in [1.165, 1.54) is 25.7 Å². The van der Waals surface area contributed by atoms with Crippen LogP contribution in [0.1, 0.15) is 38.3 Å². The molecule has 0 amide bonds. The van der Waals surface area contributed by atoms with Gasteiger partial charge in [-0.15, -0.1) is 0 Å². The molecule has 1 N–H and O–H groups in total. The zero-order chi connectivity index (χ0) is 15.4. The standard InChI is InChI=1S/C16H22N6/c1-12(2)22-7-3-4-13(10-22)15-5-6-19-16(21-15)20-14-8-17-11-18-9-14/h5-6,8-9,11-13H,3-4,7,10H2,1-2H3,(H,19,20,21)/t13-/m1/s1. The van der Waals surface area contributed by atoms with Crippen molar-refractivity contribution in [3.8, 4) is 0 Å². The van der Waals surface area contributed by atoms with Crippen LogP contribution in [0.5, 0.6) is 0 Å². The summed E-state index contributed by atoms with van der Waals surface area (Å²) in [6.45, 7) is 6.77. The van der Waals surface area contributed by atoms with Gasteiger partial charge < -0.3 is 10.2 Å². The molecule has 2 aromatic heterocycles. The Balaban J connectivity index is 1.73. The van der Waals surface area contributed by atoms with Gasteiger partial charge in [0.2, 0.25) is 5.95 Å².